The molecule has 7 nitrogen and oxygen atoms in total. The van der Waals surface area contributed by atoms with E-state index in [1.54, 1.807) is 12.1 Å². The summed E-state index contributed by atoms with van der Waals surface area (Å²) < 4.78 is 5.55. The van der Waals surface area contributed by atoms with Crippen LogP contribution in [0.5, 0.6) is 0 Å². The van der Waals surface area contributed by atoms with Gasteiger partial charge in [0.15, 0.2) is 0 Å². The van der Waals surface area contributed by atoms with Gasteiger partial charge in [-0.05, 0) is 56.4 Å². The molecule has 0 unspecified atom stereocenters. The van der Waals surface area contributed by atoms with E-state index in [9.17, 15) is 9.59 Å². The number of piperidine rings is 2. The predicted octanol–water partition coefficient (Wildman–Crippen LogP) is 4.13. The van der Waals surface area contributed by atoms with Gasteiger partial charge < -0.3 is 14.3 Å². The van der Waals surface area contributed by atoms with Gasteiger partial charge in [-0.1, -0.05) is 23.7 Å². The van der Waals surface area contributed by atoms with E-state index in [0.29, 0.717) is 36.2 Å². The zero-order chi connectivity index (χ0) is 21.8. The van der Waals surface area contributed by atoms with Crippen molar-refractivity contribution in [3.05, 3.63) is 35.2 Å². The minimum absolute atomic E-state index is 0.0349. The van der Waals surface area contributed by atoms with Crippen molar-refractivity contribution in [3.8, 4) is 11.4 Å². The predicted molar refractivity (Wildman–Crippen MR) is 118 cm³/mol. The highest BCUT2D eigenvalue weighted by Gasteiger charge is 2.34. The van der Waals surface area contributed by atoms with Crippen molar-refractivity contribution in [1.29, 1.82) is 0 Å². The second-order valence-electron chi connectivity index (χ2n) is 8.52. The number of nitrogens with zero attached hydrogens (tertiary/aromatic N) is 4. The molecule has 2 fully saturated rings. The average molecular weight is 445 g/mol. The second-order valence-corrected chi connectivity index (χ2v) is 8.95. The Labute approximate surface area is 187 Å². The molecular formula is C23H29ClN4O3. The van der Waals surface area contributed by atoms with Gasteiger partial charge in [-0.25, -0.2) is 0 Å². The minimum Gasteiger partial charge on any atom is -0.342 e. The van der Waals surface area contributed by atoms with Gasteiger partial charge in [0, 0.05) is 43.2 Å². The number of hydrogen-bond donors (Lipinski definition) is 0. The van der Waals surface area contributed by atoms with Crippen LogP contribution >= 0.6 is 11.6 Å². The van der Waals surface area contributed by atoms with E-state index >= 15 is 0 Å². The summed E-state index contributed by atoms with van der Waals surface area (Å²) in [6.45, 7) is 4.64. The van der Waals surface area contributed by atoms with Crippen molar-refractivity contribution in [2.45, 2.75) is 51.4 Å². The summed E-state index contributed by atoms with van der Waals surface area (Å²) in [5.74, 6) is 1.35. The molecule has 0 N–H and O–H groups in total. The first-order chi connectivity index (χ1) is 15.0. The van der Waals surface area contributed by atoms with E-state index in [1.807, 2.05) is 28.9 Å². The molecule has 0 radical (unpaired) electrons. The number of hydrogen-bond acceptors (Lipinski definition) is 5. The summed E-state index contributed by atoms with van der Waals surface area (Å²) in [5, 5.41) is 4.78. The number of halogens is 1. The van der Waals surface area contributed by atoms with E-state index in [1.165, 1.54) is 0 Å². The largest absolute Gasteiger partial charge is 0.342 e. The van der Waals surface area contributed by atoms with Gasteiger partial charge in [-0.2, -0.15) is 4.98 Å². The highest BCUT2D eigenvalue weighted by atomic mass is 35.5. The number of amides is 2. The molecule has 1 aromatic carbocycles. The Morgan fingerprint density at radius 3 is 2.61 bits per heavy atom. The third-order valence-corrected chi connectivity index (χ3v) is 6.47. The molecule has 0 saturated carbocycles. The van der Waals surface area contributed by atoms with Gasteiger partial charge in [0.1, 0.15) is 0 Å². The highest BCUT2D eigenvalue weighted by molar-refractivity contribution is 6.30. The van der Waals surface area contributed by atoms with Gasteiger partial charge in [0.25, 0.3) is 0 Å². The van der Waals surface area contributed by atoms with Crippen molar-refractivity contribution < 1.29 is 14.1 Å². The Bertz CT molecular complexity index is 914. The monoisotopic (exact) mass is 444 g/mol. The molecule has 2 amide bonds. The van der Waals surface area contributed by atoms with Crippen LogP contribution in [-0.4, -0.2) is 57.9 Å². The van der Waals surface area contributed by atoms with Gasteiger partial charge in [0.05, 0.1) is 11.8 Å². The topological polar surface area (TPSA) is 79.5 Å². The minimum atomic E-state index is -0.111. The molecule has 2 aliphatic heterocycles. The maximum Gasteiger partial charge on any atom is 0.231 e. The van der Waals surface area contributed by atoms with Gasteiger partial charge in [-0.3, -0.25) is 9.59 Å². The lowest BCUT2D eigenvalue weighted by Crippen LogP contribution is -2.48. The number of carbonyl (C=O) groups is 2. The molecular weight excluding hydrogens is 416 g/mol. The summed E-state index contributed by atoms with van der Waals surface area (Å²) in [4.78, 5) is 33.9. The fourth-order valence-electron chi connectivity index (χ4n) is 4.53. The molecule has 0 aliphatic carbocycles. The van der Waals surface area contributed by atoms with Crippen LogP contribution in [-0.2, 0) is 9.59 Å². The van der Waals surface area contributed by atoms with E-state index in [0.717, 1.165) is 50.8 Å². The molecule has 2 atom stereocenters. The van der Waals surface area contributed by atoms with Crippen LogP contribution in [0.15, 0.2) is 28.8 Å². The van der Waals surface area contributed by atoms with Crippen molar-refractivity contribution in [1.82, 2.24) is 19.9 Å². The Balaban J connectivity index is 1.40. The van der Waals surface area contributed by atoms with Crippen LogP contribution in [0.1, 0.15) is 57.3 Å². The molecule has 0 bridgehead atoms. The number of benzene rings is 1. The van der Waals surface area contributed by atoms with Gasteiger partial charge in [0.2, 0.25) is 23.5 Å². The molecule has 31 heavy (non-hydrogen) atoms. The first-order valence-corrected chi connectivity index (χ1v) is 11.6. The van der Waals surface area contributed by atoms with Gasteiger partial charge in [-0.15, -0.1) is 0 Å². The summed E-state index contributed by atoms with van der Waals surface area (Å²) >= 11 is 5.95. The normalized spacial score (nSPS) is 21.9. The van der Waals surface area contributed by atoms with Crippen LogP contribution in [0.3, 0.4) is 0 Å². The third kappa shape index (κ3) is 5.09. The molecule has 166 valence electrons. The van der Waals surface area contributed by atoms with E-state index < -0.39 is 0 Å². The molecule has 3 heterocycles. The Kier molecular flexibility index (Phi) is 6.90. The van der Waals surface area contributed by atoms with Gasteiger partial charge >= 0.3 is 0 Å². The Hall–Kier alpha value is -2.41. The summed E-state index contributed by atoms with van der Waals surface area (Å²) in [6, 6.07) is 7.32. The molecule has 0 spiro atoms. The Morgan fingerprint density at radius 2 is 1.84 bits per heavy atom. The lowest BCUT2D eigenvalue weighted by molar-refractivity contribution is -0.141. The SMILES string of the molecule is CCCC(=O)N1CCC[C@@H](C(=O)N2CCC[C@H](c3nc(-c4ccc(Cl)cc4)no3)C2)C1. The van der Waals surface area contributed by atoms with Crippen LogP contribution < -0.4 is 0 Å². The van der Waals surface area contributed by atoms with Crippen molar-refractivity contribution in [2.75, 3.05) is 26.2 Å². The number of aromatic nitrogens is 2. The number of carbonyl (C=O) groups excluding carboxylic acids is 2. The third-order valence-electron chi connectivity index (χ3n) is 6.21. The molecule has 4 rings (SSSR count). The Morgan fingerprint density at radius 1 is 1.10 bits per heavy atom. The maximum atomic E-state index is 13.2. The molecule has 2 aliphatic rings. The highest BCUT2D eigenvalue weighted by Crippen LogP contribution is 2.30. The van der Waals surface area contributed by atoms with E-state index in [2.05, 4.69) is 10.1 Å². The molecule has 2 aromatic rings. The molecule has 1 aromatic heterocycles. The molecule has 8 heteroatoms. The van der Waals surface area contributed by atoms with E-state index in [4.69, 9.17) is 16.1 Å². The summed E-state index contributed by atoms with van der Waals surface area (Å²) in [6.07, 6.45) is 4.94. The zero-order valence-electron chi connectivity index (χ0n) is 17.9. The first-order valence-electron chi connectivity index (χ1n) is 11.2. The van der Waals surface area contributed by atoms with Crippen molar-refractivity contribution in [2.24, 2.45) is 5.92 Å². The summed E-state index contributed by atoms with van der Waals surface area (Å²) in [7, 11) is 0. The zero-order valence-corrected chi connectivity index (χ0v) is 18.7. The lowest BCUT2D eigenvalue weighted by Gasteiger charge is -2.37. The van der Waals surface area contributed by atoms with Crippen LogP contribution in [0.4, 0.5) is 0 Å². The lowest BCUT2D eigenvalue weighted by atomic mass is 9.92. The maximum absolute atomic E-state index is 13.2. The van der Waals surface area contributed by atoms with Crippen molar-refractivity contribution in [3.63, 3.8) is 0 Å². The molecule has 2 saturated heterocycles. The van der Waals surface area contributed by atoms with Crippen molar-refractivity contribution >= 4 is 23.4 Å². The van der Waals surface area contributed by atoms with Crippen LogP contribution in [0.2, 0.25) is 5.02 Å². The number of likely N-dealkylation sites (tertiary alicyclic amines) is 2. The van der Waals surface area contributed by atoms with Crippen LogP contribution in [0.25, 0.3) is 11.4 Å². The second kappa shape index (κ2) is 9.81. The smallest absolute Gasteiger partial charge is 0.231 e. The fraction of sp³-hybridized carbons (Fsp3) is 0.565. The van der Waals surface area contributed by atoms with E-state index in [-0.39, 0.29) is 23.7 Å². The van der Waals surface area contributed by atoms with Crippen LogP contribution in [0, 0.1) is 5.92 Å². The number of rotatable bonds is 5. The summed E-state index contributed by atoms with van der Waals surface area (Å²) in [5.41, 5.74) is 0.849. The average Bonchev–Trinajstić information content (AvgIpc) is 3.30. The standard InChI is InChI=1S/C23H29ClN4O3/c1-2-5-20(29)27-12-4-7-18(15-27)23(30)28-13-3-6-17(14-28)22-25-21(26-31-22)16-8-10-19(24)11-9-16/h8-11,17-18H,2-7,12-15H2,1H3/t17-,18+/m0/s1. The first kappa shape index (κ1) is 21.8. The quantitative estimate of drug-likeness (QED) is 0.692. The fourth-order valence-corrected chi connectivity index (χ4v) is 4.66.